The first-order chi connectivity index (χ1) is 15.6. The molecule has 0 aliphatic carbocycles. The van der Waals surface area contributed by atoms with E-state index in [0.717, 1.165) is 31.8 Å². The molecule has 0 saturated carbocycles. The van der Waals surface area contributed by atoms with Crippen LogP contribution in [-0.4, -0.2) is 20.4 Å². The van der Waals surface area contributed by atoms with Crippen molar-refractivity contribution in [1.29, 1.82) is 5.26 Å². The molecular formula is C26H19IN2O3. The van der Waals surface area contributed by atoms with E-state index in [0.29, 0.717) is 16.9 Å². The van der Waals surface area contributed by atoms with Crippen molar-refractivity contribution in [3.8, 4) is 40.0 Å². The van der Waals surface area contributed by atoms with E-state index >= 15 is 0 Å². The lowest BCUT2D eigenvalue weighted by molar-refractivity contribution is 0.414. The van der Waals surface area contributed by atoms with Gasteiger partial charge >= 0.3 is 0 Å². The third kappa shape index (κ3) is 4.53. The van der Waals surface area contributed by atoms with Gasteiger partial charge in [0.25, 0.3) is 0 Å². The van der Waals surface area contributed by atoms with Crippen LogP contribution in [0.1, 0.15) is 11.1 Å². The molecule has 32 heavy (non-hydrogen) atoms. The van der Waals surface area contributed by atoms with E-state index < -0.39 is 0 Å². The SMILES string of the molecule is COc1ccc(-c2oc(N=Cc3ccc(I)cc3)c(C#N)c2-c2ccc(OC)cc2)cc1. The predicted octanol–water partition coefficient (Wildman–Crippen LogP) is 6.86. The molecule has 1 aromatic heterocycles. The Hall–Kier alpha value is -3.57. The van der Waals surface area contributed by atoms with Crippen molar-refractivity contribution in [2.75, 3.05) is 14.2 Å². The van der Waals surface area contributed by atoms with Crippen LogP contribution in [-0.2, 0) is 0 Å². The van der Waals surface area contributed by atoms with Gasteiger partial charge in [-0.1, -0.05) is 24.3 Å². The molecule has 1 heterocycles. The van der Waals surface area contributed by atoms with Crippen LogP contribution in [0.3, 0.4) is 0 Å². The molecule has 0 unspecified atom stereocenters. The standard InChI is InChI=1S/C26H19IN2O3/c1-30-21-11-5-18(6-12-21)24-23(15-28)26(29-16-17-3-9-20(27)10-4-17)32-25(24)19-7-13-22(31-2)14-8-19/h3-14,16H,1-2H3. The van der Waals surface area contributed by atoms with Gasteiger partial charge in [-0.05, 0) is 82.2 Å². The lowest BCUT2D eigenvalue weighted by atomic mass is 9.98. The van der Waals surface area contributed by atoms with E-state index in [4.69, 9.17) is 13.9 Å². The number of hydrogen-bond acceptors (Lipinski definition) is 5. The Morgan fingerprint density at radius 1 is 0.844 bits per heavy atom. The van der Waals surface area contributed by atoms with Crippen LogP contribution < -0.4 is 9.47 Å². The third-order valence-corrected chi connectivity index (χ3v) is 5.65. The Labute approximate surface area is 200 Å². The van der Waals surface area contributed by atoms with Crippen LogP contribution in [0.2, 0.25) is 0 Å². The molecule has 0 amide bonds. The second kappa shape index (κ2) is 9.71. The summed E-state index contributed by atoms with van der Waals surface area (Å²) in [5, 5.41) is 10.0. The molecule has 0 saturated heterocycles. The molecule has 158 valence electrons. The number of rotatable bonds is 6. The Morgan fingerprint density at radius 3 is 1.94 bits per heavy atom. The molecule has 4 aromatic rings. The summed E-state index contributed by atoms with van der Waals surface area (Å²) in [5.41, 5.74) is 3.65. The largest absolute Gasteiger partial charge is 0.497 e. The highest BCUT2D eigenvalue weighted by molar-refractivity contribution is 14.1. The highest BCUT2D eigenvalue weighted by atomic mass is 127. The quantitative estimate of drug-likeness (QED) is 0.200. The van der Waals surface area contributed by atoms with Gasteiger partial charge in [-0.3, -0.25) is 0 Å². The summed E-state index contributed by atoms with van der Waals surface area (Å²) in [6.45, 7) is 0. The van der Waals surface area contributed by atoms with Crippen molar-refractivity contribution in [2.24, 2.45) is 4.99 Å². The van der Waals surface area contributed by atoms with Crippen molar-refractivity contribution in [3.63, 3.8) is 0 Å². The molecule has 4 rings (SSSR count). The van der Waals surface area contributed by atoms with Crippen LogP contribution in [0.25, 0.3) is 22.5 Å². The van der Waals surface area contributed by atoms with Crippen LogP contribution in [0, 0.1) is 14.9 Å². The summed E-state index contributed by atoms with van der Waals surface area (Å²) >= 11 is 2.25. The Morgan fingerprint density at radius 2 is 1.41 bits per heavy atom. The van der Waals surface area contributed by atoms with Crippen molar-refractivity contribution in [1.82, 2.24) is 0 Å². The maximum Gasteiger partial charge on any atom is 0.238 e. The average molecular weight is 534 g/mol. The first kappa shape index (κ1) is 21.7. The minimum atomic E-state index is 0.266. The van der Waals surface area contributed by atoms with Crippen molar-refractivity contribution >= 4 is 34.7 Å². The zero-order valence-electron chi connectivity index (χ0n) is 17.5. The van der Waals surface area contributed by atoms with Gasteiger partial charge < -0.3 is 13.9 Å². The van der Waals surface area contributed by atoms with E-state index in [1.807, 2.05) is 72.8 Å². The number of nitrogens with zero attached hydrogens (tertiary/aromatic N) is 2. The molecule has 0 atom stereocenters. The van der Waals surface area contributed by atoms with E-state index in [9.17, 15) is 5.26 Å². The first-order valence-corrected chi connectivity index (χ1v) is 10.9. The van der Waals surface area contributed by atoms with Crippen LogP contribution >= 0.6 is 22.6 Å². The van der Waals surface area contributed by atoms with E-state index in [2.05, 4.69) is 33.7 Å². The van der Waals surface area contributed by atoms with Gasteiger partial charge in [0.15, 0.2) is 0 Å². The van der Waals surface area contributed by atoms with Gasteiger partial charge in [-0.2, -0.15) is 5.26 Å². The maximum absolute atomic E-state index is 10.0. The summed E-state index contributed by atoms with van der Waals surface area (Å²) in [6.07, 6.45) is 1.70. The number of aliphatic imine (C=N–C) groups is 1. The Balaban J connectivity index is 1.86. The minimum Gasteiger partial charge on any atom is -0.497 e. The molecule has 0 aliphatic heterocycles. The van der Waals surface area contributed by atoms with E-state index in [1.165, 1.54) is 0 Å². The number of methoxy groups -OCH3 is 2. The van der Waals surface area contributed by atoms with Gasteiger partial charge in [0, 0.05) is 20.9 Å². The fourth-order valence-corrected chi connectivity index (χ4v) is 3.63. The van der Waals surface area contributed by atoms with Gasteiger partial charge in [0.1, 0.15) is 28.9 Å². The van der Waals surface area contributed by atoms with Gasteiger partial charge in [-0.15, -0.1) is 0 Å². The molecule has 0 fully saturated rings. The molecule has 0 radical (unpaired) electrons. The third-order valence-electron chi connectivity index (χ3n) is 4.93. The number of benzene rings is 3. The van der Waals surface area contributed by atoms with Gasteiger partial charge in [0.05, 0.1) is 14.2 Å². The zero-order chi connectivity index (χ0) is 22.5. The van der Waals surface area contributed by atoms with Crippen molar-refractivity contribution in [3.05, 3.63) is 87.5 Å². The van der Waals surface area contributed by atoms with Crippen LogP contribution in [0.5, 0.6) is 11.5 Å². The number of halogens is 1. The highest BCUT2D eigenvalue weighted by Crippen LogP contribution is 2.43. The Kier molecular flexibility index (Phi) is 6.57. The summed E-state index contributed by atoms with van der Waals surface area (Å²) < 4.78 is 17.8. The lowest BCUT2D eigenvalue weighted by Crippen LogP contribution is -1.87. The molecule has 6 heteroatoms. The van der Waals surface area contributed by atoms with Crippen LogP contribution in [0.15, 0.2) is 82.2 Å². The summed E-state index contributed by atoms with van der Waals surface area (Å²) in [6, 6.07) is 25.3. The van der Waals surface area contributed by atoms with E-state index in [-0.39, 0.29) is 5.88 Å². The predicted molar refractivity (Wildman–Crippen MR) is 134 cm³/mol. The molecule has 0 aliphatic rings. The molecule has 0 spiro atoms. The maximum atomic E-state index is 10.0. The second-order valence-electron chi connectivity index (χ2n) is 6.86. The number of hydrogen-bond donors (Lipinski definition) is 0. The van der Waals surface area contributed by atoms with Gasteiger partial charge in [-0.25, -0.2) is 4.99 Å². The fourth-order valence-electron chi connectivity index (χ4n) is 3.27. The van der Waals surface area contributed by atoms with Crippen molar-refractivity contribution in [2.45, 2.75) is 0 Å². The monoisotopic (exact) mass is 534 g/mol. The Bertz CT molecular complexity index is 1280. The molecule has 0 bridgehead atoms. The topological polar surface area (TPSA) is 67.8 Å². The molecular weight excluding hydrogens is 515 g/mol. The van der Waals surface area contributed by atoms with Crippen LogP contribution in [0.4, 0.5) is 5.88 Å². The minimum absolute atomic E-state index is 0.266. The summed E-state index contributed by atoms with van der Waals surface area (Å²) in [4.78, 5) is 4.51. The summed E-state index contributed by atoms with van der Waals surface area (Å²) in [5.74, 6) is 2.31. The fraction of sp³-hybridized carbons (Fsp3) is 0.0769. The van der Waals surface area contributed by atoms with Crippen molar-refractivity contribution < 1.29 is 13.9 Å². The average Bonchev–Trinajstić information content (AvgIpc) is 3.22. The molecule has 5 nitrogen and oxygen atoms in total. The zero-order valence-corrected chi connectivity index (χ0v) is 19.7. The summed E-state index contributed by atoms with van der Waals surface area (Å²) in [7, 11) is 3.24. The molecule has 0 N–H and O–H groups in total. The molecule has 3 aromatic carbocycles. The normalized spacial score (nSPS) is 10.8. The second-order valence-corrected chi connectivity index (χ2v) is 8.11. The van der Waals surface area contributed by atoms with Gasteiger partial charge in [0.2, 0.25) is 5.88 Å². The number of nitriles is 1. The smallest absolute Gasteiger partial charge is 0.238 e. The van der Waals surface area contributed by atoms with E-state index in [1.54, 1.807) is 20.4 Å². The number of furan rings is 1. The number of ether oxygens (including phenoxy) is 2. The highest BCUT2D eigenvalue weighted by Gasteiger charge is 2.23. The lowest BCUT2D eigenvalue weighted by Gasteiger charge is -2.06. The first-order valence-electron chi connectivity index (χ1n) is 9.78.